The van der Waals surface area contributed by atoms with Gasteiger partial charge in [0.25, 0.3) is 0 Å². The van der Waals surface area contributed by atoms with Crippen LogP contribution in [0.4, 0.5) is 5.82 Å². The molecule has 4 rings (SSSR count). The number of benzene rings is 3. The average Bonchev–Trinajstić information content (AvgIpc) is 2.96. The molecule has 1 aromatic heterocycles. The van der Waals surface area contributed by atoms with Crippen molar-refractivity contribution in [2.24, 2.45) is 0 Å². The number of aromatic nitrogens is 3. The van der Waals surface area contributed by atoms with Gasteiger partial charge in [0.15, 0.2) is 5.82 Å². The topological polar surface area (TPSA) is 77.0 Å². The highest BCUT2D eigenvalue weighted by Crippen LogP contribution is 2.28. The van der Waals surface area contributed by atoms with E-state index in [1.807, 2.05) is 36.4 Å². The van der Waals surface area contributed by atoms with Gasteiger partial charge in [0, 0.05) is 11.6 Å². The summed E-state index contributed by atoms with van der Waals surface area (Å²) in [7, 11) is 0. The number of anilines is 1. The normalized spacial score (nSPS) is 11.0. The number of rotatable bonds is 2. The molecular formula is C18H14N4O. The number of nitrogens with zero attached hydrogens (tertiary/aromatic N) is 3. The van der Waals surface area contributed by atoms with Crippen LogP contribution in [0.3, 0.4) is 0 Å². The summed E-state index contributed by atoms with van der Waals surface area (Å²) in [6, 6.07) is 20.9. The van der Waals surface area contributed by atoms with Crippen LogP contribution < -0.4 is 5.73 Å². The van der Waals surface area contributed by atoms with Gasteiger partial charge in [-0.25, -0.2) is 0 Å². The van der Waals surface area contributed by atoms with E-state index in [9.17, 15) is 5.11 Å². The fourth-order valence-electron chi connectivity index (χ4n) is 2.65. The highest BCUT2D eigenvalue weighted by Gasteiger charge is 2.13. The quantitative estimate of drug-likeness (QED) is 0.595. The molecule has 0 unspecified atom stereocenters. The fourth-order valence-corrected chi connectivity index (χ4v) is 2.65. The Morgan fingerprint density at radius 2 is 1.70 bits per heavy atom. The Morgan fingerprint density at radius 1 is 0.870 bits per heavy atom. The van der Waals surface area contributed by atoms with Crippen LogP contribution in [0.25, 0.3) is 27.7 Å². The summed E-state index contributed by atoms with van der Waals surface area (Å²) in [4.78, 5) is 0. The maximum absolute atomic E-state index is 9.61. The van der Waals surface area contributed by atoms with Crippen molar-refractivity contribution in [3.63, 3.8) is 0 Å². The van der Waals surface area contributed by atoms with E-state index in [-0.39, 0.29) is 5.75 Å². The second kappa shape index (κ2) is 5.14. The summed E-state index contributed by atoms with van der Waals surface area (Å²) < 4.78 is 1.52. The Labute approximate surface area is 132 Å². The van der Waals surface area contributed by atoms with Gasteiger partial charge >= 0.3 is 0 Å². The van der Waals surface area contributed by atoms with Gasteiger partial charge in [-0.15, -0.1) is 5.10 Å². The molecule has 5 heteroatoms. The van der Waals surface area contributed by atoms with Crippen molar-refractivity contribution < 1.29 is 5.11 Å². The molecule has 3 aromatic carbocycles. The summed E-state index contributed by atoms with van der Waals surface area (Å²) in [5, 5.41) is 20.2. The van der Waals surface area contributed by atoms with Crippen LogP contribution in [-0.2, 0) is 0 Å². The number of aromatic hydroxyl groups is 1. The zero-order chi connectivity index (χ0) is 15.8. The van der Waals surface area contributed by atoms with Gasteiger partial charge < -0.3 is 10.8 Å². The number of nitrogens with two attached hydrogens (primary N) is 1. The lowest BCUT2D eigenvalue weighted by molar-refractivity contribution is 0.475. The van der Waals surface area contributed by atoms with Crippen molar-refractivity contribution in [1.82, 2.24) is 15.0 Å². The van der Waals surface area contributed by atoms with Crippen LogP contribution >= 0.6 is 0 Å². The van der Waals surface area contributed by atoms with Gasteiger partial charge in [-0.3, -0.25) is 0 Å². The molecule has 0 fully saturated rings. The molecular weight excluding hydrogens is 288 g/mol. The summed E-state index contributed by atoms with van der Waals surface area (Å²) in [6.45, 7) is 0. The van der Waals surface area contributed by atoms with Gasteiger partial charge in [0.05, 0.1) is 5.69 Å². The van der Waals surface area contributed by atoms with Crippen molar-refractivity contribution >= 4 is 16.6 Å². The summed E-state index contributed by atoms with van der Waals surface area (Å²) in [6.07, 6.45) is 0. The zero-order valence-electron chi connectivity index (χ0n) is 12.2. The van der Waals surface area contributed by atoms with Crippen molar-refractivity contribution in [1.29, 1.82) is 0 Å². The molecule has 0 aliphatic heterocycles. The molecule has 0 bridgehead atoms. The molecule has 0 aliphatic carbocycles. The molecule has 0 aliphatic rings. The number of nitrogen functional groups attached to an aromatic ring is 1. The van der Waals surface area contributed by atoms with Crippen LogP contribution in [0.5, 0.6) is 5.75 Å². The molecule has 3 N–H and O–H groups in total. The molecule has 5 nitrogen and oxygen atoms in total. The predicted molar refractivity (Wildman–Crippen MR) is 90.4 cm³/mol. The lowest BCUT2D eigenvalue weighted by Crippen LogP contribution is -2.02. The Morgan fingerprint density at radius 3 is 2.52 bits per heavy atom. The molecule has 4 aromatic rings. The third kappa shape index (κ3) is 2.28. The molecule has 0 atom stereocenters. The second-order valence-corrected chi connectivity index (χ2v) is 5.32. The number of phenols is 1. The average molecular weight is 302 g/mol. The maximum atomic E-state index is 9.61. The Bertz CT molecular complexity index is 1010. The smallest absolute Gasteiger partial charge is 0.155 e. The van der Waals surface area contributed by atoms with Gasteiger partial charge in [0.2, 0.25) is 0 Å². The molecule has 112 valence electrons. The van der Waals surface area contributed by atoms with E-state index in [0.29, 0.717) is 17.2 Å². The minimum atomic E-state index is 0.157. The SMILES string of the molecule is Nc1c(-c2ccc3ccccc3c2)nnn1-c1cccc(O)c1. The Kier molecular flexibility index (Phi) is 2.98. The van der Waals surface area contributed by atoms with E-state index in [1.54, 1.807) is 18.2 Å². The molecule has 0 amide bonds. The highest BCUT2D eigenvalue weighted by molar-refractivity contribution is 5.88. The van der Waals surface area contributed by atoms with Crippen molar-refractivity contribution in [3.8, 4) is 22.7 Å². The lowest BCUT2D eigenvalue weighted by Gasteiger charge is -2.05. The number of fused-ring (bicyclic) bond motifs is 1. The molecule has 1 heterocycles. The number of hydrogen-bond acceptors (Lipinski definition) is 4. The number of phenolic OH excluding ortho intramolecular Hbond substituents is 1. The first-order valence-corrected chi connectivity index (χ1v) is 7.22. The standard InChI is InChI=1S/C18H14N4O/c19-18-17(14-9-8-12-4-1-2-5-13(12)10-14)20-21-22(18)15-6-3-7-16(23)11-15/h1-11,23H,19H2. The van der Waals surface area contributed by atoms with Crippen molar-refractivity contribution in [2.75, 3.05) is 5.73 Å². The van der Waals surface area contributed by atoms with Crippen LogP contribution in [0.15, 0.2) is 66.7 Å². The van der Waals surface area contributed by atoms with E-state index >= 15 is 0 Å². The third-order valence-corrected chi connectivity index (χ3v) is 3.80. The maximum Gasteiger partial charge on any atom is 0.155 e. The van der Waals surface area contributed by atoms with Gasteiger partial charge in [0.1, 0.15) is 11.4 Å². The number of hydrogen-bond donors (Lipinski definition) is 2. The minimum Gasteiger partial charge on any atom is -0.508 e. The van der Waals surface area contributed by atoms with Crippen molar-refractivity contribution in [2.45, 2.75) is 0 Å². The van der Waals surface area contributed by atoms with E-state index in [2.05, 4.69) is 22.4 Å². The lowest BCUT2D eigenvalue weighted by atomic mass is 10.1. The van der Waals surface area contributed by atoms with Gasteiger partial charge in [-0.1, -0.05) is 47.7 Å². The van der Waals surface area contributed by atoms with E-state index in [4.69, 9.17) is 5.73 Å². The molecule has 0 saturated carbocycles. The second-order valence-electron chi connectivity index (χ2n) is 5.32. The monoisotopic (exact) mass is 302 g/mol. The van der Waals surface area contributed by atoms with E-state index in [0.717, 1.165) is 16.3 Å². The minimum absolute atomic E-state index is 0.157. The predicted octanol–water partition coefficient (Wildman–Crippen LogP) is 3.38. The molecule has 0 radical (unpaired) electrons. The molecule has 0 saturated heterocycles. The van der Waals surface area contributed by atoms with Crippen LogP contribution in [0, 0.1) is 0 Å². The summed E-state index contributed by atoms with van der Waals surface area (Å²) in [5.41, 5.74) is 8.42. The summed E-state index contributed by atoms with van der Waals surface area (Å²) in [5.74, 6) is 0.593. The van der Waals surface area contributed by atoms with E-state index in [1.165, 1.54) is 4.68 Å². The van der Waals surface area contributed by atoms with Crippen LogP contribution in [-0.4, -0.2) is 20.1 Å². The fraction of sp³-hybridized carbons (Fsp3) is 0. The zero-order valence-corrected chi connectivity index (χ0v) is 12.2. The molecule has 23 heavy (non-hydrogen) atoms. The summed E-state index contributed by atoms with van der Waals surface area (Å²) >= 11 is 0. The van der Waals surface area contributed by atoms with E-state index < -0.39 is 0 Å². The first kappa shape index (κ1) is 13.3. The Balaban J connectivity index is 1.83. The first-order chi connectivity index (χ1) is 11.2. The highest BCUT2D eigenvalue weighted by atomic mass is 16.3. The van der Waals surface area contributed by atoms with Crippen LogP contribution in [0.1, 0.15) is 0 Å². The van der Waals surface area contributed by atoms with Crippen molar-refractivity contribution in [3.05, 3.63) is 66.7 Å². The molecule has 0 spiro atoms. The first-order valence-electron chi connectivity index (χ1n) is 7.22. The van der Waals surface area contributed by atoms with Gasteiger partial charge in [-0.05, 0) is 29.0 Å². The largest absolute Gasteiger partial charge is 0.508 e. The third-order valence-electron chi connectivity index (χ3n) is 3.80. The Hall–Kier alpha value is -3.34. The van der Waals surface area contributed by atoms with Crippen LogP contribution in [0.2, 0.25) is 0 Å². The van der Waals surface area contributed by atoms with Gasteiger partial charge in [-0.2, -0.15) is 4.68 Å².